The Hall–Kier alpha value is -1.80. The van der Waals surface area contributed by atoms with Crippen molar-refractivity contribution in [1.29, 1.82) is 0 Å². The van der Waals surface area contributed by atoms with Crippen LogP contribution in [0.3, 0.4) is 0 Å². The van der Waals surface area contributed by atoms with Crippen LogP contribution in [0.2, 0.25) is 0 Å². The molecule has 2 rings (SSSR count). The predicted octanol–water partition coefficient (Wildman–Crippen LogP) is 4.62. The number of nitrogens with two attached hydrogens (primary N) is 1. The Kier molecular flexibility index (Phi) is 6.23. The quantitative estimate of drug-likeness (QED) is 0.809. The summed E-state index contributed by atoms with van der Waals surface area (Å²) in [4.78, 5) is 0. The zero-order valence-corrected chi connectivity index (χ0v) is 14.8. The summed E-state index contributed by atoms with van der Waals surface area (Å²) in [6.07, 6.45) is 0.964. The van der Waals surface area contributed by atoms with Crippen molar-refractivity contribution < 1.29 is 4.74 Å². The molecule has 2 aromatic rings. The van der Waals surface area contributed by atoms with Gasteiger partial charge in [0.25, 0.3) is 0 Å². The number of aryl methyl sites for hydroxylation is 2. The Morgan fingerprint density at radius 1 is 1.00 bits per heavy atom. The third kappa shape index (κ3) is 5.11. The Morgan fingerprint density at radius 2 is 1.70 bits per heavy atom. The Balaban J connectivity index is 2.08. The fraction of sp³-hybridized carbons (Fsp3) is 0.429. The molecule has 2 heteroatoms. The van der Waals surface area contributed by atoms with Crippen LogP contribution in [0.15, 0.2) is 42.5 Å². The SMILES string of the molecule is Cc1ccc(C)c(C(CN)Cc2ccc(OCC(C)C)cc2)c1. The first kappa shape index (κ1) is 17.6. The van der Waals surface area contributed by atoms with Gasteiger partial charge >= 0.3 is 0 Å². The van der Waals surface area contributed by atoms with Crippen molar-refractivity contribution in [2.24, 2.45) is 11.7 Å². The van der Waals surface area contributed by atoms with Crippen molar-refractivity contribution in [3.8, 4) is 5.75 Å². The average Bonchev–Trinajstić information content (AvgIpc) is 2.54. The van der Waals surface area contributed by atoms with Crippen LogP contribution in [0, 0.1) is 19.8 Å². The third-order valence-electron chi connectivity index (χ3n) is 4.15. The van der Waals surface area contributed by atoms with Gasteiger partial charge in [-0.15, -0.1) is 0 Å². The molecule has 0 saturated heterocycles. The Labute approximate surface area is 140 Å². The summed E-state index contributed by atoms with van der Waals surface area (Å²) in [6.45, 7) is 10.0. The number of rotatable bonds is 7. The van der Waals surface area contributed by atoms with Crippen LogP contribution in [0.25, 0.3) is 0 Å². The van der Waals surface area contributed by atoms with Crippen LogP contribution in [-0.2, 0) is 6.42 Å². The summed E-state index contributed by atoms with van der Waals surface area (Å²) < 4.78 is 5.75. The van der Waals surface area contributed by atoms with Crippen molar-refractivity contribution in [2.75, 3.05) is 13.2 Å². The molecule has 0 aliphatic carbocycles. The van der Waals surface area contributed by atoms with E-state index in [1.54, 1.807) is 0 Å². The third-order valence-corrected chi connectivity index (χ3v) is 4.15. The van der Waals surface area contributed by atoms with E-state index in [2.05, 4.69) is 70.2 Å². The first-order chi connectivity index (χ1) is 11.0. The van der Waals surface area contributed by atoms with Crippen molar-refractivity contribution in [2.45, 2.75) is 40.0 Å². The smallest absolute Gasteiger partial charge is 0.119 e. The number of ether oxygens (including phenoxy) is 1. The molecule has 124 valence electrons. The van der Waals surface area contributed by atoms with E-state index in [4.69, 9.17) is 10.5 Å². The summed E-state index contributed by atoms with van der Waals surface area (Å²) >= 11 is 0. The molecule has 0 amide bonds. The van der Waals surface area contributed by atoms with Crippen molar-refractivity contribution in [3.05, 3.63) is 64.7 Å². The molecule has 0 aromatic heterocycles. The summed E-state index contributed by atoms with van der Waals surface area (Å²) in [5.74, 6) is 1.84. The molecule has 0 fully saturated rings. The van der Waals surface area contributed by atoms with Gasteiger partial charge in [-0.25, -0.2) is 0 Å². The van der Waals surface area contributed by atoms with Crippen LogP contribution in [0.4, 0.5) is 0 Å². The van der Waals surface area contributed by atoms with Gasteiger partial charge in [-0.3, -0.25) is 0 Å². The van der Waals surface area contributed by atoms with Crippen molar-refractivity contribution in [3.63, 3.8) is 0 Å². The van der Waals surface area contributed by atoms with Gasteiger partial charge in [-0.1, -0.05) is 49.7 Å². The first-order valence-corrected chi connectivity index (χ1v) is 8.48. The van der Waals surface area contributed by atoms with Gasteiger partial charge in [0.15, 0.2) is 0 Å². The molecule has 1 unspecified atom stereocenters. The van der Waals surface area contributed by atoms with Gasteiger partial charge in [-0.2, -0.15) is 0 Å². The zero-order valence-electron chi connectivity index (χ0n) is 14.8. The number of benzene rings is 2. The molecular formula is C21H29NO. The zero-order chi connectivity index (χ0) is 16.8. The number of hydrogen-bond acceptors (Lipinski definition) is 2. The molecule has 2 aromatic carbocycles. The van der Waals surface area contributed by atoms with Crippen LogP contribution in [-0.4, -0.2) is 13.2 Å². The van der Waals surface area contributed by atoms with Gasteiger partial charge in [0.1, 0.15) is 5.75 Å². The highest BCUT2D eigenvalue weighted by molar-refractivity contribution is 5.36. The molecule has 0 heterocycles. The summed E-state index contributed by atoms with van der Waals surface area (Å²) in [6, 6.07) is 15.1. The van der Waals surface area contributed by atoms with E-state index in [9.17, 15) is 0 Å². The molecule has 23 heavy (non-hydrogen) atoms. The lowest BCUT2D eigenvalue weighted by molar-refractivity contribution is 0.271. The molecule has 0 saturated carbocycles. The second-order valence-corrected chi connectivity index (χ2v) is 6.85. The second kappa shape index (κ2) is 8.16. The van der Waals surface area contributed by atoms with Crippen molar-refractivity contribution in [1.82, 2.24) is 0 Å². The van der Waals surface area contributed by atoms with Crippen LogP contribution >= 0.6 is 0 Å². The Morgan fingerprint density at radius 3 is 2.30 bits per heavy atom. The molecular weight excluding hydrogens is 282 g/mol. The van der Waals surface area contributed by atoms with E-state index in [1.165, 1.54) is 22.3 Å². The highest BCUT2D eigenvalue weighted by Crippen LogP contribution is 2.25. The monoisotopic (exact) mass is 311 g/mol. The maximum Gasteiger partial charge on any atom is 0.119 e. The Bertz CT molecular complexity index is 616. The van der Waals surface area contributed by atoms with E-state index in [0.717, 1.165) is 18.8 Å². The standard InChI is InChI=1S/C21H29NO/c1-15(2)14-23-20-9-7-18(8-10-20)12-19(13-22)21-11-16(3)5-6-17(21)4/h5-11,15,19H,12-14,22H2,1-4H3. The normalized spacial score (nSPS) is 12.4. The van der Waals surface area contributed by atoms with E-state index < -0.39 is 0 Å². The van der Waals surface area contributed by atoms with E-state index in [1.807, 2.05) is 0 Å². The lowest BCUT2D eigenvalue weighted by Crippen LogP contribution is -2.16. The fourth-order valence-corrected chi connectivity index (χ4v) is 2.79. The molecule has 0 spiro atoms. The highest BCUT2D eigenvalue weighted by Gasteiger charge is 2.13. The highest BCUT2D eigenvalue weighted by atomic mass is 16.5. The summed E-state index contributed by atoms with van der Waals surface area (Å²) in [5.41, 5.74) is 11.3. The van der Waals surface area contributed by atoms with Crippen LogP contribution in [0.1, 0.15) is 42.0 Å². The molecule has 0 bridgehead atoms. The maximum absolute atomic E-state index is 6.06. The minimum absolute atomic E-state index is 0.359. The fourth-order valence-electron chi connectivity index (χ4n) is 2.79. The van der Waals surface area contributed by atoms with Gasteiger partial charge < -0.3 is 10.5 Å². The minimum atomic E-state index is 0.359. The van der Waals surface area contributed by atoms with E-state index >= 15 is 0 Å². The summed E-state index contributed by atoms with van der Waals surface area (Å²) in [5, 5.41) is 0. The summed E-state index contributed by atoms with van der Waals surface area (Å²) in [7, 11) is 0. The molecule has 1 atom stereocenters. The van der Waals surface area contributed by atoms with Gasteiger partial charge in [0.05, 0.1) is 6.61 Å². The van der Waals surface area contributed by atoms with E-state index in [-0.39, 0.29) is 0 Å². The predicted molar refractivity (Wildman–Crippen MR) is 98.2 cm³/mol. The van der Waals surface area contributed by atoms with Crippen LogP contribution in [0.5, 0.6) is 5.75 Å². The van der Waals surface area contributed by atoms with Gasteiger partial charge in [0.2, 0.25) is 0 Å². The minimum Gasteiger partial charge on any atom is -0.493 e. The van der Waals surface area contributed by atoms with E-state index in [0.29, 0.717) is 18.4 Å². The maximum atomic E-state index is 6.06. The lowest BCUT2D eigenvalue weighted by atomic mass is 9.88. The largest absolute Gasteiger partial charge is 0.493 e. The first-order valence-electron chi connectivity index (χ1n) is 8.48. The molecule has 2 N–H and O–H groups in total. The van der Waals surface area contributed by atoms with Crippen molar-refractivity contribution >= 4 is 0 Å². The molecule has 0 radical (unpaired) electrons. The topological polar surface area (TPSA) is 35.2 Å². The van der Waals surface area contributed by atoms with Crippen LogP contribution < -0.4 is 10.5 Å². The molecule has 0 aliphatic rings. The second-order valence-electron chi connectivity index (χ2n) is 6.85. The lowest BCUT2D eigenvalue weighted by Gasteiger charge is -2.19. The van der Waals surface area contributed by atoms with Gasteiger partial charge in [-0.05, 0) is 61.6 Å². The average molecular weight is 311 g/mol. The molecule has 0 aliphatic heterocycles. The molecule has 2 nitrogen and oxygen atoms in total. The number of hydrogen-bond donors (Lipinski definition) is 1. The van der Waals surface area contributed by atoms with Gasteiger partial charge in [0, 0.05) is 5.92 Å².